The van der Waals surface area contributed by atoms with Gasteiger partial charge in [-0.25, -0.2) is 4.79 Å². The van der Waals surface area contributed by atoms with Crippen molar-refractivity contribution in [2.75, 3.05) is 13.1 Å². The first kappa shape index (κ1) is 11.7. The van der Waals surface area contributed by atoms with Gasteiger partial charge in [-0.3, -0.25) is 4.79 Å². The van der Waals surface area contributed by atoms with Gasteiger partial charge in [-0.1, -0.05) is 0 Å². The van der Waals surface area contributed by atoms with Gasteiger partial charge in [0.2, 0.25) is 5.91 Å². The minimum Gasteiger partial charge on any atom is -0.477 e. The van der Waals surface area contributed by atoms with E-state index in [1.54, 1.807) is 13.1 Å². The van der Waals surface area contributed by atoms with Gasteiger partial charge < -0.3 is 15.0 Å². The van der Waals surface area contributed by atoms with Crippen molar-refractivity contribution in [2.45, 2.75) is 25.7 Å². The van der Waals surface area contributed by atoms with Gasteiger partial charge in [0.15, 0.2) is 0 Å². The molecule has 0 saturated carbocycles. The molecule has 2 heterocycles. The van der Waals surface area contributed by atoms with E-state index >= 15 is 0 Å². The molecule has 1 amide bonds. The monoisotopic (exact) mass is 236 g/mol. The predicted molar refractivity (Wildman–Crippen MR) is 62.0 cm³/mol. The Hall–Kier alpha value is -1.78. The van der Waals surface area contributed by atoms with Crippen molar-refractivity contribution in [3.63, 3.8) is 0 Å². The lowest BCUT2D eigenvalue weighted by molar-refractivity contribution is -0.129. The maximum Gasteiger partial charge on any atom is 0.352 e. The van der Waals surface area contributed by atoms with E-state index in [0.717, 1.165) is 18.4 Å². The fraction of sp³-hybridized carbons (Fsp3) is 0.500. The van der Waals surface area contributed by atoms with Crippen molar-refractivity contribution in [3.05, 3.63) is 23.5 Å². The first-order chi connectivity index (χ1) is 8.09. The number of hydrogen-bond acceptors (Lipinski definition) is 2. The average Bonchev–Trinajstić information content (AvgIpc) is 2.78. The van der Waals surface area contributed by atoms with E-state index in [1.165, 1.54) is 0 Å². The number of nitrogens with zero attached hydrogens (tertiary/aromatic N) is 1. The van der Waals surface area contributed by atoms with Crippen LogP contribution in [0.3, 0.4) is 0 Å². The molecular formula is C12H16N2O3. The minimum absolute atomic E-state index is 0.0935. The molecule has 2 rings (SSSR count). The van der Waals surface area contributed by atoms with Gasteiger partial charge in [-0.05, 0) is 30.4 Å². The number of carbonyl (C=O) groups excluding carboxylic acids is 1. The molecule has 0 bridgehead atoms. The van der Waals surface area contributed by atoms with Crippen LogP contribution in [-0.4, -0.2) is 40.0 Å². The normalized spacial score (nSPS) is 17.1. The zero-order chi connectivity index (χ0) is 12.4. The number of likely N-dealkylation sites (tertiary alicyclic amines) is 1. The van der Waals surface area contributed by atoms with E-state index in [9.17, 15) is 9.59 Å². The van der Waals surface area contributed by atoms with Crippen molar-refractivity contribution in [2.24, 2.45) is 0 Å². The van der Waals surface area contributed by atoms with Crippen LogP contribution in [0.4, 0.5) is 0 Å². The third kappa shape index (κ3) is 2.33. The van der Waals surface area contributed by atoms with E-state index in [1.807, 2.05) is 11.0 Å². The van der Waals surface area contributed by atoms with Crippen molar-refractivity contribution in [3.8, 4) is 0 Å². The summed E-state index contributed by atoms with van der Waals surface area (Å²) < 4.78 is 0. The van der Waals surface area contributed by atoms with Gasteiger partial charge >= 0.3 is 5.97 Å². The van der Waals surface area contributed by atoms with E-state index in [2.05, 4.69) is 4.98 Å². The number of piperidine rings is 1. The molecule has 0 atom stereocenters. The van der Waals surface area contributed by atoms with Gasteiger partial charge in [0.1, 0.15) is 5.69 Å². The van der Waals surface area contributed by atoms with Crippen molar-refractivity contribution >= 4 is 11.9 Å². The third-order valence-electron chi connectivity index (χ3n) is 3.37. The molecule has 1 aliphatic heterocycles. The first-order valence-electron chi connectivity index (χ1n) is 5.75. The molecule has 1 aromatic heterocycles. The van der Waals surface area contributed by atoms with Gasteiger partial charge in [0, 0.05) is 26.2 Å². The molecule has 5 heteroatoms. The Balaban J connectivity index is 2.08. The smallest absolute Gasteiger partial charge is 0.352 e. The summed E-state index contributed by atoms with van der Waals surface area (Å²) in [5, 5.41) is 9.03. The average molecular weight is 236 g/mol. The second kappa shape index (κ2) is 4.61. The summed E-state index contributed by atoms with van der Waals surface area (Å²) in [5.74, 6) is -0.585. The van der Waals surface area contributed by atoms with E-state index in [4.69, 9.17) is 5.11 Å². The minimum atomic E-state index is -0.918. The molecule has 0 unspecified atom stereocenters. The Labute approximate surface area is 99.4 Å². The summed E-state index contributed by atoms with van der Waals surface area (Å²) in [4.78, 5) is 26.8. The van der Waals surface area contributed by atoms with Crippen LogP contribution in [0.5, 0.6) is 0 Å². The van der Waals surface area contributed by atoms with Crippen LogP contribution < -0.4 is 0 Å². The van der Waals surface area contributed by atoms with E-state index in [-0.39, 0.29) is 17.5 Å². The number of aromatic carboxylic acids is 1. The van der Waals surface area contributed by atoms with Crippen LogP contribution >= 0.6 is 0 Å². The molecular weight excluding hydrogens is 220 g/mol. The number of carbonyl (C=O) groups is 2. The fourth-order valence-electron chi connectivity index (χ4n) is 2.41. The molecule has 17 heavy (non-hydrogen) atoms. The Morgan fingerprint density at radius 2 is 2.06 bits per heavy atom. The highest BCUT2D eigenvalue weighted by Crippen LogP contribution is 2.30. The molecule has 1 fully saturated rings. The van der Waals surface area contributed by atoms with Crippen LogP contribution in [0.2, 0.25) is 0 Å². The van der Waals surface area contributed by atoms with Crippen molar-refractivity contribution < 1.29 is 14.7 Å². The zero-order valence-corrected chi connectivity index (χ0v) is 9.77. The van der Waals surface area contributed by atoms with Crippen LogP contribution in [0, 0.1) is 0 Å². The first-order valence-corrected chi connectivity index (χ1v) is 5.75. The quantitative estimate of drug-likeness (QED) is 0.816. The lowest BCUT2D eigenvalue weighted by atomic mass is 9.89. The van der Waals surface area contributed by atoms with Crippen LogP contribution in [0.25, 0.3) is 0 Å². The lowest BCUT2D eigenvalue weighted by Crippen LogP contribution is -2.36. The number of aromatic nitrogens is 1. The number of H-pyrrole nitrogens is 1. The molecule has 0 aliphatic carbocycles. The summed E-state index contributed by atoms with van der Waals surface area (Å²) in [6.45, 7) is 2.99. The van der Waals surface area contributed by atoms with Gasteiger partial charge in [-0.15, -0.1) is 0 Å². The van der Waals surface area contributed by atoms with Crippen molar-refractivity contribution in [1.29, 1.82) is 0 Å². The standard InChI is InChI=1S/C12H16N2O3/c1-8(15)14-6-3-9(4-7-14)10-2-5-13-11(10)12(16)17/h2,5,9,13H,3-4,6-7H2,1H3,(H,16,17). The van der Waals surface area contributed by atoms with Gasteiger partial charge in [0.05, 0.1) is 0 Å². The van der Waals surface area contributed by atoms with E-state index in [0.29, 0.717) is 13.1 Å². The number of hydrogen-bond donors (Lipinski definition) is 2. The number of carboxylic acids is 1. The number of aromatic amines is 1. The summed E-state index contributed by atoms with van der Waals surface area (Å²) in [7, 11) is 0. The fourth-order valence-corrected chi connectivity index (χ4v) is 2.41. The predicted octanol–water partition coefficient (Wildman–Crippen LogP) is 1.44. The van der Waals surface area contributed by atoms with Crippen LogP contribution in [0.15, 0.2) is 12.3 Å². The maximum atomic E-state index is 11.2. The number of amides is 1. The van der Waals surface area contributed by atoms with Crippen molar-refractivity contribution in [1.82, 2.24) is 9.88 Å². The molecule has 0 aromatic carbocycles. The Morgan fingerprint density at radius 3 is 2.59 bits per heavy atom. The highest BCUT2D eigenvalue weighted by Gasteiger charge is 2.25. The lowest BCUT2D eigenvalue weighted by Gasteiger charge is -2.31. The molecule has 2 N–H and O–H groups in total. The highest BCUT2D eigenvalue weighted by atomic mass is 16.4. The SMILES string of the molecule is CC(=O)N1CCC(c2cc[nH]c2C(=O)O)CC1. The molecule has 5 nitrogen and oxygen atoms in total. The second-order valence-electron chi connectivity index (χ2n) is 4.39. The Bertz CT molecular complexity index is 431. The molecule has 1 aliphatic rings. The topological polar surface area (TPSA) is 73.4 Å². The number of nitrogens with one attached hydrogen (secondary N) is 1. The summed E-state index contributed by atoms with van der Waals surface area (Å²) >= 11 is 0. The van der Waals surface area contributed by atoms with Crippen LogP contribution in [-0.2, 0) is 4.79 Å². The van der Waals surface area contributed by atoms with Gasteiger partial charge in [-0.2, -0.15) is 0 Å². The summed E-state index contributed by atoms with van der Waals surface area (Å²) in [6.07, 6.45) is 3.32. The summed E-state index contributed by atoms with van der Waals surface area (Å²) in [6, 6.07) is 1.83. The Morgan fingerprint density at radius 1 is 1.41 bits per heavy atom. The van der Waals surface area contributed by atoms with Crippen LogP contribution in [0.1, 0.15) is 41.7 Å². The molecule has 92 valence electrons. The molecule has 1 aromatic rings. The highest BCUT2D eigenvalue weighted by molar-refractivity contribution is 5.87. The van der Waals surface area contributed by atoms with Gasteiger partial charge in [0.25, 0.3) is 0 Å². The number of carboxylic acid groups (broad SMARTS) is 1. The third-order valence-corrected chi connectivity index (χ3v) is 3.37. The zero-order valence-electron chi connectivity index (χ0n) is 9.77. The molecule has 0 spiro atoms. The molecule has 0 radical (unpaired) electrons. The summed E-state index contributed by atoms with van der Waals surface area (Å²) in [5.41, 5.74) is 1.15. The Kier molecular flexibility index (Phi) is 3.17. The molecule has 1 saturated heterocycles. The maximum absolute atomic E-state index is 11.2. The number of rotatable bonds is 2. The van der Waals surface area contributed by atoms with E-state index < -0.39 is 5.97 Å². The second-order valence-corrected chi connectivity index (χ2v) is 4.39. The largest absolute Gasteiger partial charge is 0.477 e.